The largest absolute Gasteiger partial charge is 0.496 e. The maximum atomic E-state index is 10.6. The van der Waals surface area contributed by atoms with Gasteiger partial charge in [-0.15, -0.1) is 0 Å². The van der Waals surface area contributed by atoms with Gasteiger partial charge in [-0.05, 0) is 6.26 Å². The minimum Gasteiger partial charge on any atom is -0.496 e. The van der Waals surface area contributed by atoms with Crippen LogP contribution in [-0.4, -0.2) is 28.3 Å². The van der Waals surface area contributed by atoms with Crippen LogP contribution in [0.5, 0.6) is 0 Å². The zero-order valence-corrected chi connectivity index (χ0v) is 6.18. The molecule has 0 unspecified atom stereocenters. The van der Waals surface area contributed by atoms with Crippen molar-refractivity contribution in [2.75, 3.05) is 6.26 Å². The van der Waals surface area contributed by atoms with Gasteiger partial charge >= 0.3 is 0 Å². The van der Waals surface area contributed by atoms with Gasteiger partial charge in [-0.3, -0.25) is 4.79 Å². The van der Waals surface area contributed by atoms with E-state index < -0.39 is 0 Å². The van der Waals surface area contributed by atoms with Gasteiger partial charge in [-0.2, -0.15) is 9.98 Å². The number of thioether (sulfide) groups is 1. The molecule has 0 aromatic heterocycles. The first-order valence-electron chi connectivity index (χ1n) is 2.64. The molecule has 0 aliphatic carbocycles. The summed E-state index contributed by atoms with van der Waals surface area (Å²) in [6.07, 6.45) is 1.68. The Bertz CT molecular complexity index is 222. The molecule has 1 heterocycles. The molecule has 0 radical (unpaired) electrons. The van der Waals surface area contributed by atoms with Crippen molar-refractivity contribution in [3.63, 3.8) is 0 Å². The SMILES string of the molecule is CSC1=NC(=O)CC(O)=N1. The van der Waals surface area contributed by atoms with Crippen LogP contribution < -0.4 is 0 Å². The van der Waals surface area contributed by atoms with Crippen LogP contribution in [0.25, 0.3) is 0 Å². The van der Waals surface area contributed by atoms with Crippen LogP contribution in [0.2, 0.25) is 0 Å². The van der Waals surface area contributed by atoms with Crippen molar-refractivity contribution in [1.29, 1.82) is 0 Å². The Morgan fingerprint density at radius 2 is 2.30 bits per heavy atom. The summed E-state index contributed by atoms with van der Waals surface area (Å²) in [7, 11) is 0. The normalized spacial score (nSPS) is 18.3. The van der Waals surface area contributed by atoms with Gasteiger partial charge in [0.05, 0.1) is 0 Å². The molecule has 1 amide bonds. The van der Waals surface area contributed by atoms with Crippen LogP contribution in [0.1, 0.15) is 6.42 Å². The second-order valence-electron chi connectivity index (χ2n) is 1.70. The number of carbonyl (C=O) groups excluding carboxylic acids is 1. The number of aliphatic hydroxyl groups excluding tert-OH is 1. The highest BCUT2D eigenvalue weighted by Crippen LogP contribution is 2.06. The molecule has 0 bridgehead atoms. The molecule has 54 valence electrons. The number of amidine groups is 1. The Morgan fingerprint density at radius 3 is 2.80 bits per heavy atom. The predicted octanol–water partition coefficient (Wildman–Crippen LogP) is 0.592. The Balaban J connectivity index is 2.82. The summed E-state index contributed by atoms with van der Waals surface area (Å²) in [6.45, 7) is 0. The Kier molecular flexibility index (Phi) is 2.06. The number of amides is 1. The van der Waals surface area contributed by atoms with Crippen LogP contribution in [0.15, 0.2) is 9.98 Å². The third-order valence-corrected chi connectivity index (χ3v) is 1.48. The van der Waals surface area contributed by atoms with E-state index in [2.05, 4.69) is 9.98 Å². The van der Waals surface area contributed by atoms with Crippen molar-refractivity contribution in [1.82, 2.24) is 0 Å². The van der Waals surface area contributed by atoms with Gasteiger partial charge in [0.1, 0.15) is 6.42 Å². The predicted molar refractivity (Wildman–Crippen MR) is 40.6 cm³/mol. The van der Waals surface area contributed by atoms with E-state index in [4.69, 9.17) is 5.11 Å². The first kappa shape index (κ1) is 7.27. The molecule has 10 heavy (non-hydrogen) atoms. The molecule has 1 rings (SSSR count). The maximum absolute atomic E-state index is 10.6. The van der Waals surface area contributed by atoms with Crippen LogP contribution in [0.4, 0.5) is 0 Å². The molecular weight excluding hydrogens is 152 g/mol. The van der Waals surface area contributed by atoms with E-state index in [0.717, 1.165) is 0 Å². The zero-order chi connectivity index (χ0) is 7.56. The maximum Gasteiger partial charge on any atom is 0.257 e. The van der Waals surface area contributed by atoms with Gasteiger partial charge in [-0.25, -0.2) is 0 Å². The van der Waals surface area contributed by atoms with Crippen LogP contribution in [0.3, 0.4) is 0 Å². The number of rotatable bonds is 0. The Labute approximate surface area is 62.1 Å². The van der Waals surface area contributed by atoms with Crippen molar-refractivity contribution in [3.8, 4) is 0 Å². The number of nitrogens with zero attached hydrogens (tertiary/aromatic N) is 2. The molecule has 0 atom stereocenters. The van der Waals surface area contributed by atoms with Crippen molar-refractivity contribution in [2.24, 2.45) is 9.98 Å². The third-order valence-electron chi connectivity index (χ3n) is 0.937. The van der Waals surface area contributed by atoms with Gasteiger partial charge in [0.25, 0.3) is 5.91 Å². The molecule has 4 nitrogen and oxygen atoms in total. The highest BCUT2D eigenvalue weighted by Gasteiger charge is 2.12. The summed E-state index contributed by atoms with van der Waals surface area (Å²) in [6, 6.07) is 0. The minimum absolute atomic E-state index is 0.0654. The fourth-order valence-electron chi connectivity index (χ4n) is 0.548. The fraction of sp³-hybridized carbons (Fsp3) is 0.400. The fourth-order valence-corrected chi connectivity index (χ4v) is 0.937. The molecule has 0 spiro atoms. The summed E-state index contributed by atoms with van der Waals surface area (Å²) < 4.78 is 0. The molecule has 0 fully saturated rings. The van der Waals surface area contributed by atoms with E-state index >= 15 is 0 Å². The lowest BCUT2D eigenvalue weighted by Gasteiger charge is -2.02. The first-order chi connectivity index (χ1) is 4.72. The molecule has 1 aliphatic rings. The summed E-state index contributed by atoms with van der Waals surface area (Å²) in [5.41, 5.74) is 0. The molecule has 0 aromatic rings. The number of aliphatic imine (C=N–C) groups is 2. The van der Waals surface area contributed by atoms with Crippen molar-refractivity contribution >= 4 is 28.7 Å². The van der Waals surface area contributed by atoms with Crippen LogP contribution in [-0.2, 0) is 4.79 Å². The van der Waals surface area contributed by atoms with E-state index in [9.17, 15) is 4.79 Å². The number of hydrogen-bond donors (Lipinski definition) is 1. The standard InChI is InChI=1S/C5H6N2O2S/c1-10-5-6-3(8)2-4(9)7-5/h2H2,1H3,(H,6,7,8,9). The zero-order valence-electron chi connectivity index (χ0n) is 5.37. The van der Waals surface area contributed by atoms with Crippen molar-refractivity contribution in [3.05, 3.63) is 0 Å². The second-order valence-corrected chi connectivity index (χ2v) is 2.47. The van der Waals surface area contributed by atoms with Crippen LogP contribution >= 0.6 is 11.8 Å². The van der Waals surface area contributed by atoms with E-state index in [1.165, 1.54) is 11.8 Å². The topological polar surface area (TPSA) is 62.0 Å². The molecule has 1 N–H and O–H groups in total. The number of aliphatic hydroxyl groups is 1. The summed E-state index contributed by atoms with van der Waals surface area (Å²) in [5, 5.41) is 9.14. The Morgan fingerprint density at radius 1 is 1.60 bits per heavy atom. The highest BCUT2D eigenvalue weighted by atomic mass is 32.2. The lowest BCUT2D eigenvalue weighted by atomic mass is 10.4. The monoisotopic (exact) mass is 158 g/mol. The average Bonchev–Trinajstić information content (AvgIpc) is 1.85. The van der Waals surface area contributed by atoms with E-state index in [0.29, 0.717) is 5.17 Å². The average molecular weight is 158 g/mol. The molecule has 5 heteroatoms. The third kappa shape index (κ3) is 1.57. The molecule has 0 saturated carbocycles. The van der Waals surface area contributed by atoms with Crippen molar-refractivity contribution < 1.29 is 9.90 Å². The summed E-state index contributed by atoms with van der Waals surface area (Å²) in [5.74, 6) is -0.485. The van der Waals surface area contributed by atoms with E-state index in [1.807, 2.05) is 0 Å². The Hall–Kier alpha value is -0.840. The van der Waals surface area contributed by atoms with E-state index in [1.54, 1.807) is 6.26 Å². The smallest absolute Gasteiger partial charge is 0.257 e. The number of hydrogen-bond acceptors (Lipinski definition) is 3. The molecule has 0 aromatic carbocycles. The molecule has 0 saturated heterocycles. The molecular formula is C5H6N2O2S. The number of carbonyl (C=O) groups is 1. The highest BCUT2D eigenvalue weighted by molar-refractivity contribution is 8.13. The quantitative estimate of drug-likeness (QED) is 0.561. The first-order valence-corrected chi connectivity index (χ1v) is 3.87. The van der Waals surface area contributed by atoms with Crippen LogP contribution in [0, 0.1) is 0 Å². The van der Waals surface area contributed by atoms with Gasteiger partial charge in [0, 0.05) is 0 Å². The van der Waals surface area contributed by atoms with Gasteiger partial charge < -0.3 is 5.11 Å². The van der Waals surface area contributed by atoms with Crippen molar-refractivity contribution in [2.45, 2.75) is 6.42 Å². The lowest BCUT2D eigenvalue weighted by Crippen LogP contribution is -2.13. The van der Waals surface area contributed by atoms with Gasteiger partial charge in [0.15, 0.2) is 11.1 Å². The molecule has 1 aliphatic heterocycles. The van der Waals surface area contributed by atoms with Gasteiger partial charge in [-0.1, -0.05) is 11.8 Å². The lowest BCUT2D eigenvalue weighted by molar-refractivity contribution is -0.116. The minimum atomic E-state index is -0.336. The summed E-state index contributed by atoms with van der Waals surface area (Å²) in [4.78, 5) is 17.8. The van der Waals surface area contributed by atoms with Gasteiger partial charge in [0.2, 0.25) is 0 Å². The second kappa shape index (κ2) is 2.83. The summed E-state index contributed by atoms with van der Waals surface area (Å²) >= 11 is 1.23. The van der Waals surface area contributed by atoms with E-state index in [-0.39, 0.29) is 18.2 Å².